The van der Waals surface area contributed by atoms with E-state index in [4.69, 9.17) is 43.6 Å². The number of hydrogen-bond acceptors (Lipinski definition) is 9. The van der Waals surface area contributed by atoms with Crippen LogP contribution in [0, 0.1) is 23.7 Å². The Morgan fingerprint density at radius 2 is 0.286 bits per heavy atom. The van der Waals surface area contributed by atoms with Crippen molar-refractivity contribution in [1.29, 1.82) is 0 Å². The third-order valence-electron chi connectivity index (χ3n) is 22.9. The molecule has 0 amide bonds. The zero-order valence-electron chi connectivity index (χ0n) is 70.8. The van der Waals surface area contributed by atoms with E-state index < -0.39 is 0 Å². The van der Waals surface area contributed by atoms with Crippen molar-refractivity contribution in [2.45, 2.75) is 64.2 Å². The van der Waals surface area contributed by atoms with E-state index in [-0.39, 0.29) is 42.5 Å². The van der Waals surface area contributed by atoms with Gasteiger partial charge in [0.05, 0.1) is 66.8 Å². The number of aromatic nitrogens is 4. The van der Waals surface area contributed by atoms with Gasteiger partial charge in [-0.15, -0.1) is 0 Å². The van der Waals surface area contributed by atoms with E-state index in [1.165, 1.54) is 64.2 Å². The van der Waals surface area contributed by atoms with E-state index in [9.17, 15) is 20.4 Å². The number of phenols is 4. The molecule has 12 aromatic carbocycles. The van der Waals surface area contributed by atoms with Crippen LogP contribution >= 0.6 is 0 Å². The Labute approximate surface area is 752 Å². The monoisotopic (exact) mass is 1710 g/mol. The van der Waals surface area contributed by atoms with Gasteiger partial charge in [0.1, 0.15) is 23.0 Å². The molecule has 5 saturated heterocycles. The molecule has 16 aromatic rings. The normalized spacial score (nSPS) is 14.3. The number of phenolic OH excluding ortho intramolecular Hbond substituents is 4. The van der Waals surface area contributed by atoms with Crippen molar-refractivity contribution in [2.24, 2.45) is 0 Å². The molecule has 13 nitrogen and oxygen atoms in total. The van der Waals surface area contributed by atoms with E-state index in [1.54, 1.807) is 48.5 Å². The predicted octanol–water partition coefficient (Wildman–Crippen LogP) is 24.0. The molecule has 126 heavy (non-hydrogen) atoms. The Kier molecular flexibility index (Phi) is 29.1. The minimum absolute atomic E-state index is 0. The summed E-state index contributed by atoms with van der Waals surface area (Å²) < 4.78 is 24.7. The fourth-order valence-electron chi connectivity index (χ4n) is 17.0. The average molecular weight is 1710 g/mol. The molecule has 6 aliphatic rings. The Morgan fingerprint density at radius 1 is 0.167 bits per heavy atom. The maximum Gasteiger partial charge on any atom is 0.131 e. The first kappa shape index (κ1) is 86.4. The molecule has 0 atom stereocenters. The van der Waals surface area contributed by atoms with E-state index in [0.717, 1.165) is 177 Å². The molecular formula is C112H100N4O9Zn. The average Bonchev–Trinajstić information content (AvgIpc) is 1.55. The zero-order chi connectivity index (χ0) is 84.9. The van der Waals surface area contributed by atoms with Crippen LogP contribution in [0.5, 0.6) is 23.0 Å². The molecule has 14 heteroatoms. The summed E-state index contributed by atoms with van der Waals surface area (Å²) >= 11 is 0. The Hall–Kier alpha value is -13.1. The van der Waals surface area contributed by atoms with Crippen LogP contribution in [0.1, 0.15) is 132 Å². The van der Waals surface area contributed by atoms with Gasteiger partial charge >= 0.3 is 0 Å². The summed E-state index contributed by atoms with van der Waals surface area (Å²) in [6.45, 7) is 10.0. The van der Waals surface area contributed by atoms with E-state index in [1.807, 2.05) is 97.1 Å². The molecule has 0 spiro atoms. The first-order valence-corrected chi connectivity index (χ1v) is 43.6. The molecule has 5 aliphatic heterocycles. The summed E-state index contributed by atoms with van der Waals surface area (Å²) in [5, 5.41) is 45.8. The van der Waals surface area contributed by atoms with E-state index in [2.05, 4.69) is 194 Å². The van der Waals surface area contributed by atoms with Crippen molar-refractivity contribution in [3.63, 3.8) is 0 Å². The predicted molar refractivity (Wildman–Crippen MR) is 497 cm³/mol. The van der Waals surface area contributed by atoms with Gasteiger partial charge in [-0.3, -0.25) is 0 Å². The van der Waals surface area contributed by atoms with E-state index in [0.29, 0.717) is 69.2 Å². The smallest absolute Gasteiger partial charge is 0.131 e. The standard InChI is InChI=1S/C92H60N4O4.5C4H8O.Zn/c97-69-49-41-65(42-50-69)81-85-73(57-25-9-1-10-26-57)74(58-27-11-2-12-28-58)86(93-85)82(66-43-51-70(98)52-44-66)88-77(61-33-17-5-18-34-61)78(62-35-19-6-20-36-62)90(95-88)84(68-47-55-72(100)56-48-68)92-80(64-39-23-8-24-40-64)79(63-37-21-7-22-38-63)91(96-92)83(67-45-53-71(99)54-46-67)89-76(60-31-15-4-16-32-60)75(87(81)94-89)59-29-13-3-14-30-59;5*1-2-4-5-3-1;/h1-56,97-100H;5*1-4H2;. The summed E-state index contributed by atoms with van der Waals surface area (Å²) in [6.07, 6.45) is 12.8. The second-order valence-electron chi connectivity index (χ2n) is 31.4. The first-order chi connectivity index (χ1) is 61.8. The van der Waals surface area contributed by atoms with Crippen LogP contribution in [0.3, 0.4) is 0 Å². The molecule has 0 radical (unpaired) electrons. The number of rotatable bonds is 12. The van der Waals surface area contributed by atoms with Crippen LogP contribution in [-0.2, 0) is 43.2 Å². The molecule has 0 saturated carbocycles. The van der Waals surface area contributed by atoms with Crippen LogP contribution < -0.4 is 19.9 Å². The second kappa shape index (κ2) is 42.5. The molecule has 8 bridgehead atoms. The quantitative estimate of drug-likeness (QED) is 0.0670. The van der Waals surface area contributed by atoms with Gasteiger partial charge in [0.2, 0.25) is 0 Å². The fraction of sp³-hybridized carbons (Fsp3) is 0.179. The van der Waals surface area contributed by atoms with Crippen LogP contribution in [0.2, 0.25) is 0 Å². The summed E-state index contributed by atoms with van der Waals surface area (Å²) in [5.74, 6) is 3.02. The third kappa shape index (κ3) is 19.8. The van der Waals surface area contributed by atoms with Gasteiger partial charge < -0.3 is 64.0 Å². The molecule has 4 aromatic heterocycles. The topological polar surface area (TPSA) is 183 Å². The first-order valence-electron chi connectivity index (χ1n) is 43.6. The number of nitrogens with zero attached hydrogens (tertiary/aromatic N) is 4. The number of ether oxygens (including phenoxy) is 5. The zero-order valence-corrected chi connectivity index (χ0v) is 73.8. The number of aromatic hydroxyl groups is 4. The van der Waals surface area contributed by atoms with Crippen LogP contribution in [0.15, 0.2) is 340 Å². The maximum absolute atomic E-state index is 11.5. The van der Waals surface area contributed by atoms with Gasteiger partial charge in [-0.25, -0.2) is 0 Å². The van der Waals surface area contributed by atoms with Crippen molar-refractivity contribution in [1.82, 2.24) is 19.9 Å². The molecule has 22 rings (SSSR count). The molecule has 0 unspecified atom stereocenters. The number of hydrogen-bond donors (Lipinski definition) is 4. The Balaban J connectivity index is 0.000000387. The Morgan fingerprint density at radius 3 is 0.389 bits per heavy atom. The minimum atomic E-state index is 0. The van der Waals surface area contributed by atoms with Gasteiger partial charge in [0.25, 0.3) is 0 Å². The SMILES string of the molecule is C1CCOC1.C1CCOC1.C1CCOC1.C1CCOC1.C1CCOC1.Oc1ccc([C+]2c3[n-]c(c(-c4ccccc4)c3-c3ccccc3)[C+](c3ccc(O)cc3)c3[n-]c(c(-c4ccccc4)c3-c3ccccc3)[C+](c3ccc(O)cc3)c3[n-]c(c(-c4ccccc4)c3-c3ccccc3)[C+](c3ccc(O)cc3)c3[n-]c2c(-c2ccccc2)c3-c2ccccc2)cc1.[Zn]. The van der Waals surface area contributed by atoms with Crippen molar-refractivity contribution < 1.29 is 63.6 Å². The summed E-state index contributed by atoms with van der Waals surface area (Å²) in [7, 11) is 0. The van der Waals surface area contributed by atoms with Crippen molar-refractivity contribution in [3.8, 4) is 112 Å². The van der Waals surface area contributed by atoms with Crippen LogP contribution in [0.4, 0.5) is 0 Å². The summed E-state index contributed by atoms with van der Waals surface area (Å²) in [4.78, 5) is 25.3. The summed E-state index contributed by atoms with van der Waals surface area (Å²) in [6, 6.07) is 113. The van der Waals surface area contributed by atoms with Crippen LogP contribution in [0.25, 0.3) is 89.0 Å². The van der Waals surface area contributed by atoms with Gasteiger partial charge in [-0.1, -0.05) is 146 Å². The molecule has 1 aliphatic carbocycles. The third-order valence-corrected chi connectivity index (χ3v) is 22.9. The molecule has 9 heterocycles. The number of fused-ring (bicyclic) bond motifs is 12. The molecular weight excluding hydrogens is 1610 g/mol. The fourth-order valence-corrected chi connectivity index (χ4v) is 17.0. The molecule has 4 N–H and O–H groups in total. The van der Waals surface area contributed by atoms with Crippen molar-refractivity contribution >= 4 is 0 Å². The second-order valence-corrected chi connectivity index (χ2v) is 31.4. The minimum Gasteiger partial charge on any atom is -0.627 e. The Bertz CT molecular complexity index is 4990. The molecule has 624 valence electrons. The largest absolute Gasteiger partial charge is 0.627 e. The van der Waals surface area contributed by atoms with E-state index >= 15 is 0 Å². The van der Waals surface area contributed by atoms with Crippen molar-refractivity contribution in [3.05, 3.63) is 431 Å². The van der Waals surface area contributed by atoms with Crippen LogP contribution in [-0.4, -0.2) is 86.5 Å². The van der Waals surface area contributed by atoms with Gasteiger partial charge in [-0.05, 0) is 207 Å². The maximum atomic E-state index is 11.5. The molecule has 5 fully saturated rings. The van der Waals surface area contributed by atoms with Gasteiger partial charge in [0, 0.05) is 251 Å². The van der Waals surface area contributed by atoms with Gasteiger partial charge in [0.15, 0.2) is 0 Å². The van der Waals surface area contributed by atoms with Crippen molar-refractivity contribution in [2.75, 3.05) is 66.1 Å². The van der Waals surface area contributed by atoms with Gasteiger partial charge in [-0.2, -0.15) is 0 Å². The summed E-state index contributed by atoms with van der Waals surface area (Å²) in [5.41, 5.74) is 21.2. The number of benzene rings is 12.